The number of nitro benzene ring substituents is 1. The van der Waals surface area contributed by atoms with Gasteiger partial charge in [0.1, 0.15) is 0 Å². The minimum Gasteiger partial charge on any atom is -0.356 e. The molecule has 0 heterocycles. The first kappa shape index (κ1) is 20.3. The zero-order valence-corrected chi connectivity index (χ0v) is 15.7. The highest BCUT2D eigenvalue weighted by Gasteiger charge is 2.09. The fourth-order valence-electron chi connectivity index (χ4n) is 1.85. The summed E-state index contributed by atoms with van der Waals surface area (Å²) in [6, 6.07) is 6.84. The van der Waals surface area contributed by atoms with Gasteiger partial charge < -0.3 is 10.6 Å². The van der Waals surface area contributed by atoms with Crippen LogP contribution in [-0.4, -0.2) is 35.5 Å². The lowest BCUT2D eigenvalue weighted by molar-refractivity contribution is -0.384. The van der Waals surface area contributed by atoms with Crippen molar-refractivity contribution in [1.82, 2.24) is 10.6 Å². The third-order valence-corrected chi connectivity index (χ3v) is 4.45. The first-order valence-corrected chi connectivity index (χ1v) is 9.60. The number of non-ortho nitro benzene ring substituents is 1. The van der Waals surface area contributed by atoms with Crippen molar-refractivity contribution in [2.75, 3.05) is 18.6 Å². The number of benzene rings is 1. The van der Waals surface area contributed by atoms with Crippen LogP contribution in [0.5, 0.6) is 0 Å². The number of aliphatic imine (C=N–C) groups is 1. The Kier molecular flexibility index (Phi) is 9.22. The monoisotopic (exact) mass is 352 g/mol. The molecule has 1 aromatic rings. The number of rotatable bonds is 9. The van der Waals surface area contributed by atoms with E-state index in [2.05, 4.69) is 42.7 Å². The number of hydrogen-bond donors (Lipinski definition) is 2. The second-order valence-electron chi connectivity index (χ2n) is 6.04. The van der Waals surface area contributed by atoms with E-state index >= 15 is 0 Å². The fourth-order valence-corrected chi connectivity index (χ4v) is 2.28. The van der Waals surface area contributed by atoms with Crippen molar-refractivity contribution >= 4 is 23.4 Å². The van der Waals surface area contributed by atoms with E-state index in [4.69, 9.17) is 0 Å². The topological polar surface area (TPSA) is 79.6 Å². The lowest BCUT2D eigenvalue weighted by Gasteiger charge is -2.21. The van der Waals surface area contributed by atoms with E-state index in [-0.39, 0.29) is 5.69 Å². The largest absolute Gasteiger partial charge is 0.356 e. The maximum absolute atomic E-state index is 10.7. The summed E-state index contributed by atoms with van der Waals surface area (Å²) >= 11 is 1.83. The Morgan fingerprint density at radius 3 is 2.50 bits per heavy atom. The molecule has 0 saturated carbocycles. The zero-order valence-electron chi connectivity index (χ0n) is 14.9. The highest BCUT2D eigenvalue weighted by atomic mass is 32.2. The molecule has 0 aliphatic carbocycles. The SMILES string of the molecule is CSCCCNC(=NCc1ccc([N+](=O)[O-])cc1)NC(C)C(C)C. The minimum absolute atomic E-state index is 0.102. The maximum Gasteiger partial charge on any atom is 0.269 e. The van der Waals surface area contributed by atoms with E-state index in [9.17, 15) is 10.1 Å². The highest BCUT2D eigenvalue weighted by Crippen LogP contribution is 2.12. The average molecular weight is 353 g/mol. The molecule has 0 amide bonds. The molecule has 0 radical (unpaired) electrons. The Bertz CT molecular complexity index is 532. The first-order chi connectivity index (χ1) is 11.4. The van der Waals surface area contributed by atoms with Crippen LogP contribution in [0.4, 0.5) is 5.69 Å². The van der Waals surface area contributed by atoms with Gasteiger partial charge in [0.25, 0.3) is 5.69 Å². The molecule has 6 nitrogen and oxygen atoms in total. The number of nitrogens with zero attached hydrogens (tertiary/aromatic N) is 2. The van der Waals surface area contributed by atoms with Crippen LogP contribution in [0.25, 0.3) is 0 Å². The highest BCUT2D eigenvalue weighted by molar-refractivity contribution is 7.98. The van der Waals surface area contributed by atoms with Crippen LogP contribution in [0, 0.1) is 16.0 Å². The third kappa shape index (κ3) is 7.68. The maximum atomic E-state index is 10.7. The summed E-state index contributed by atoms with van der Waals surface area (Å²) < 4.78 is 0. The molecule has 1 unspecified atom stereocenters. The summed E-state index contributed by atoms with van der Waals surface area (Å²) in [7, 11) is 0. The minimum atomic E-state index is -0.391. The van der Waals surface area contributed by atoms with Gasteiger partial charge in [-0.2, -0.15) is 11.8 Å². The van der Waals surface area contributed by atoms with Gasteiger partial charge in [-0.05, 0) is 36.8 Å². The van der Waals surface area contributed by atoms with Gasteiger partial charge in [-0.25, -0.2) is 4.99 Å². The van der Waals surface area contributed by atoms with Crippen molar-refractivity contribution in [3.8, 4) is 0 Å². The molecule has 1 atom stereocenters. The van der Waals surface area contributed by atoms with Crippen molar-refractivity contribution in [2.24, 2.45) is 10.9 Å². The van der Waals surface area contributed by atoms with Crippen molar-refractivity contribution < 1.29 is 4.92 Å². The number of hydrogen-bond acceptors (Lipinski definition) is 4. The summed E-state index contributed by atoms with van der Waals surface area (Å²) in [6.07, 6.45) is 3.18. The predicted molar refractivity (Wildman–Crippen MR) is 103 cm³/mol. The smallest absolute Gasteiger partial charge is 0.269 e. The summed E-state index contributed by atoms with van der Waals surface area (Å²) in [6.45, 7) is 7.83. The van der Waals surface area contributed by atoms with Crippen LogP contribution >= 0.6 is 11.8 Å². The Morgan fingerprint density at radius 1 is 1.29 bits per heavy atom. The van der Waals surface area contributed by atoms with Gasteiger partial charge in [-0.1, -0.05) is 26.0 Å². The second-order valence-corrected chi connectivity index (χ2v) is 7.02. The molecule has 134 valence electrons. The molecule has 0 aromatic heterocycles. The van der Waals surface area contributed by atoms with Gasteiger partial charge in [-0.15, -0.1) is 0 Å². The van der Waals surface area contributed by atoms with Crippen LogP contribution in [-0.2, 0) is 6.54 Å². The van der Waals surface area contributed by atoms with E-state index in [1.807, 2.05) is 11.8 Å². The van der Waals surface area contributed by atoms with Crippen LogP contribution in [0.3, 0.4) is 0 Å². The lowest BCUT2D eigenvalue weighted by atomic mass is 10.1. The van der Waals surface area contributed by atoms with Crippen LogP contribution in [0.2, 0.25) is 0 Å². The Morgan fingerprint density at radius 2 is 1.96 bits per heavy atom. The quantitative estimate of drug-likeness (QED) is 0.234. The van der Waals surface area contributed by atoms with Crippen molar-refractivity contribution in [3.05, 3.63) is 39.9 Å². The van der Waals surface area contributed by atoms with Crippen LogP contribution < -0.4 is 10.6 Å². The first-order valence-electron chi connectivity index (χ1n) is 8.21. The summed E-state index contributed by atoms with van der Waals surface area (Å²) in [5.41, 5.74) is 1.05. The van der Waals surface area contributed by atoms with Crippen LogP contribution in [0.1, 0.15) is 32.8 Å². The van der Waals surface area contributed by atoms with Gasteiger partial charge in [-0.3, -0.25) is 10.1 Å². The molecule has 1 aromatic carbocycles. The molecular formula is C17H28N4O2S. The Hall–Kier alpha value is -1.76. The summed E-state index contributed by atoms with van der Waals surface area (Å²) in [5.74, 6) is 2.40. The third-order valence-electron chi connectivity index (χ3n) is 3.75. The molecule has 0 aliphatic heterocycles. The van der Waals surface area contributed by atoms with Gasteiger partial charge in [0.2, 0.25) is 0 Å². The van der Waals surface area contributed by atoms with Crippen LogP contribution in [0.15, 0.2) is 29.3 Å². The van der Waals surface area contributed by atoms with E-state index in [1.54, 1.807) is 12.1 Å². The van der Waals surface area contributed by atoms with E-state index in [1.165, 1.54) is 12.1 Å². The van der Waals surface area contributed by atoms with Crippen molar-refractivity contribution in [2.45, 2.75) is 39.8 Å². The van der Waals surface area contributed by atoms with Gasteiger partial charge in [0.15, 0.2) is 5.96 Å². The molecular weight excluding hydrogens is 324 g/mol. The zero-order chi connectivity index (χ0) is 17.9. The molecule has 0 spiro atoms. The fraction of sp³-hybridized carbons (Fsp3) is 0.588. The second kappa shape index (κ2) is 10.9. The number of guanidine groups is 1. The van der Waals surface area contributed by atoms with E-state index < -0.39 is 4.92 Å². The summed E-state index contributed by atoms with van der Waals surface area (Å²) in [5, 5.41) is 17.5. The predicted octanol–water partition coefficient (Wildman–Crippen LogP) is 3.43. The molecule has 2 N–H and O–H groups in total. The average Bonchev–Trinajstić information content (AvgIpc) is 2.56. The van der Waals surface area contributed by atoms with Gasteiger partial charge in [0.05, 0.1) is 11.5 Å². The molecule has 0 aliphatic rings. The van der Waals surface area contributed by atoms with E-state index in [0.29, 0.717) is 18.5 Å². The summed E-state index contributed by atoms with van der Waals surface area (Å²) in [4.78, 5) is 14.9. The molecule has 1 rings (SSSR count). The molecule has 0 bridgehead atoms. The van der Waals surface area contributed by atoms with Crippen molar-refractivity contribution in [3.63, 3.8) is 0 Å². The van der Waals surface area contributed by atoms with Gasteiger partial charge >= 0.3 is 0 Å². The van der Waals surface area contributed by atoms with Gasteiger partial charge in [0, 0.05) is 24.7 Å². The molecule has 0 fully saturated rings. The molecule has 7 heteroatoms. The Balaban J connectivity index is 2.68. The number of thioether (sulfide) groups is 1. The molecule has 24 heavy (non-hydrogen) atoms. The standard InChI is InChI=1S/C17H28N4O2S/c1-13(2)14(3)20-17(18-10-5-11-24-4)19-12-15-6-8-16(9-7-15)21(22)23/h6-9,13-14H,5,10-12H2,1-4H3,(H2,18,19,20). The lowest BCUT2D eigenvalue weighted by Crippen LogP contribution is -2.44. The molecule has 0 saturated heterocycles. The number of nitrogens with one attached hydrogen (secondary N) is 2. The normalized spacial score (nSPS) is 13.0. The van der Waals surface area contributed by atoms with Crippen molar-refractivity contribution in [1.29, 1.82) is 0 Å². The number of nitro groups is 1. The Labute approximate surface area is 148 Å². The van der Waals surface area contributed by atoms with E-state index in [0.717, 1.165) is 30.2 Å².